The zero-order chi connectivity index (χ0) is 12.8. The molecule has 0 amide bonds. The van der Waals surface area contributed by atoms with Gasteiger partial charge in [0.05, 0.1) is 5.69 Å². The zero-order valence-corrected chi connectivity index (χ0v) is 11.5. The maximum absolute atomic E-state index is 10.5. The van der Waals surface area contributed by atoms with Gasteiger partial charge in [-0.2, -0.15) is 0 Å². The molecule has 0 spiro atoms. The lowest BCUT2D eigenvalue weighted by Crippen LogP contribution is -2.31. The molecule has 5 heteroatoms. The van der Waals surface area contributed by atoms with Crippen LogP contribution in [0.25, 0.3) is 0 Å². The molecule has 0 radical (unpaired) electrons. The second-order valence-corrected chi connectivity index (χ2v) is 5.10. The van der Waals surface area contributed by atoms with Crippen molar-refractivity contribution in [2.24, 2.45) is 0 Å². The standard InChI is InChI=1S/C12H20N2O2S/c1-4-10-8-17-12(13-10)14(9(2)3)7-5-6-11(15)16/h8-9H,4-7H2,1-3H3,(H,15,16). The van der Waals surface area contributed by atoms with Crippen LogP contribution in [-0.4, -0.2) is 28.6 Å². The summed E-state index contributed by atoms with van der Waals surface area (Å²) in [7, 11) is 0. The van der Waals surface area contributed by atoms with Gasteiger partial charge >= 0.3 is 5.97 Å². The Balaban J connectivity index is 2.62. The summed E-state index contributed by atoms with van der Waals surface area (Å²) in [6.45, 7) is 7.05. The van der Waals surface area contributed by atoms with Crippen LogP contribution in [0.5, 0.6) is 0 Å². The third-order valence-electron chi connectivity index (χ3n) is 2.56. The van der Waals surface area contributed by atoms with Gasteiger partial charge in [-0.15, -0.1) is 11.3 Å². The van der Waals surface area contributed by atoms with E-state index in [9.17, 15) is 4.79 Å². The van der Waals surface area contributed by atoms with Crippen molar-refractivity contribution in [1.29, 1.82) is 0 Å². The van der Waals surface area contributed by atoms with Crippen molar-refractivity contribution in [3.05, 3.63) is 11.1 Å². The predicted molar refractivity (Wildman–Crippen MR) is 70.8 cm³/mol. The van der Waals surface area contributed by atoms with E-state index in [0.29, 0.717) is 12.5 Å². The van der Waals surface area contributed by atoms with Gasteiger partial charge in [0.1, 0.15) is 0 Å². The first-order chi connectivity index (χ1) is 8.04. The van der Waals surface area contributed by atoms with Gasteiger partial charge in [0.15, 0.2) is 5.13 Å². The summed E-state index contributed by atoms with van der Waals surface area (Å²) >= 11 is 1.64. The lowest BCUT2D eigenvalue weighted by Gasteiger charge is -2.25. The lowest BCUT2D eigenvalue weighted by molar-refractivity contribution is -0.137. The van der Waals surface area contributed by atoms with E-state index in [1.54, 1.807) is 11.3 Å². The molecule has 17 heavy (non-hydrogen) atoms. The molecule has 0 saturated carbocycles. The number of carbonyl (C=O) groups is 1. The average molecular weight is 256 g/mol. The molecule has 0 aromatic carbocycles. The van der Waals surface area contributed by atoms with Crippen molar-refractivity contribution in [1.82, 2.24) is 4.98 Å². The highest BCUT2D eigenvalue weighted by Crippen LogP contribution is 2.23. The number of carboxylic acids is 1. The molecule has 0 saturated heterocycles. The summed E-state index contributed by atoms with van der Waals surface area (Å²) in [4.78, 5) is 17.2. The van der Waals surface area contributed by atoms with Crippen LogP contribution >= 0.6 is 11.3 Å². The Morgan fingerprint density at radius 1 is 1.59 bits per heavy atom. The minimum absolute atomic E-state index is 0.217. The highest BCUT2D eigenvalue weighted by molar-refractivity contribution is 7.13. The number of aliphatic carboxylic acids is 1. The van der Waals surface area contributed by atoms with Crippen LogP contribution in [0.2, 0.25) is 0 Å². The minimum atomic E-state index is -0.734. The van der Waals surface area contributed by atoms with Crippen molar-refractivity contribution in [2.75, 3.05) is 11.4 Å². The first-order valence-electron chi connectivity index (χ1n) is 5.97. The van der Waals surface area contributed by atoms with E-state index in [4.69, 9.17) is 5.11 Å². The Hall–Kier alpha value is -1.10. The fourth-order valence-electron chi connectivity index (χ4n) is 1.57. The third kappa shape index (κ3) is 4.34. The zero-order valence-electron chi connectivity index (χ0n) is 10.6. The van der Waals surface area contributed by atoms with Crippen molar-refractivity contribution in [2.45, 2.75) is 46.1 Å². The molecule has 0 bridgehead atoms. The van der Waals surface area contributed by atoms with Crippen molar-refractivity contribution < 1.29 is 9.90 Å². The number of hydrogen-bond acceptors (Lipinski definition) is 4. The van der Waals surface area contributed by atoms with Crippen LogP contribution in [0.15, 0.2) is 5.38 Å². The van der Waals surface area contributed by atoms with Crippen molar-refractivity contribution in [3.8, 4) is 0 Å². The number of thiazole rings is 1. The Morgan fingerprint density at radius 3 is 2.76 bits per heavy atom. The molecule has 4 nitrogen and oxygen atoms in total. The molecule has 0 unspecified atom stereocenters. The Kier molecular flexibility index (Phi) is 5.41. The topological polar surface area (TPSA) is 53.4 Å². The van der Waals surface area contributed by atoms with Crippen molar-refractivity contribution >= 4 is 22.4 Å². The predicted octanol–water partition coefficient (Wildman–Crippen LogP) is 2.79. The molecule has 1 rings (SSSR count). The number of hydrogen-bond donors (Lipinski definition) is 1. The maximum Gasteiger partial charge on any atom is 0.303 e. The molecule has 1 heterocycles. The number of rotatable bonds is 7. The highest BCUT2D eigenvalue weighted by Gasteiger charge is 2.14. The van der Waals surface area contributed by atoms with Gasteiger partial charge < -0.3 is 10.0 Å². The first kappa shape index (κ1) is 14.0. The molecule has 96 valence electrons. The largest absolute Gasteiger partial charge is 0.481 e. The van der Waals surface area contributed by atoms with Gasteiger partial charge in [0, 0.05) is 24.4 Å². The summed E-state index contributed by atoms with van der Waals surface area (Å²) in [5.74, 6) is -0.734. The smallest absolute Gasteiger partial charge is 0.303 e. The van der Waals surface area contributed by atoms with E-state index >= 15 is 0 Å². The van der Waals surface area contributed by atoms with Gasteiger partial charge in [0.2, 0.25) is 0 Å². The molecule has 0 aliphatic carbocycles. The normalized spacial score (nSPS) is 10.8. The van der Waals surface area contributed by atoms with Gasteiger partial charge in [-0.1, -0.05) is 6.92 Å². The lowest BCUT2D eigenvalue weighted by atomic mass is 10.2. The maximum atomic E-state index is 10.5. The second kappa shape index (κ2) is 6.59. The molecule has 0 atom stereocenters. The minimum Gasteiger partial charge on any atom is -0.481 e. The van der Waals surface area contributed by atoms with Crippen LogP contribution in [-0.2, 0) is 11.2 Å². The fraction of sp³-hybridized carbons (Fsp3) is 0.667. The molecule has 1 N–H and O–H groups in total. The first-order valence-corrected chi connectivity index (χ1v) is 6.85. The SMILES string of the molecule is CCc1csc(N(CCCC(=O)O)C(C)C)n1. The third-order valence-corrected chi connectivity index (χ3v) is 3.49. The molecule has 1 aromatic rings. The van der Waals surface area contributed by atoms with E-state index < -0.39 is 5.97 Å². The molecule has 1 aromatic heterocycles. The summed E-state index contributed by atoms with van der Waals surface area (Å²) in [5.41, 5.74) is 1.11. The second-order valence-electron chi connectivity index (χ2n) is 4.26. The van der Waals surface area contributed by atoms with E-state index in [0.717, 1.165) is 23.8 Å². The van der Waals surface area contributed by atoms with Gasteiger partial charge in [0.25, 0.3) is 0 Å². The Morgan fingerprint density at radius 2 is 2.29 bits per heavy atom. The van der Waals surface area contributed by atoms with Crippen molar-refractivity contribution in [3.63, 3.8) is 0 Å². The van der Waals surface area contributed by atoms with Crippen LogP contribution in [0.1, 0.15) is 39.3 Å². The summed E-state index contributed by atoms with van der Waals surface area (Å²) in [6.07, 6.45) is 1.82. The molecule has 0 fully saturated rings. The fourth-order valence-corrected chi connectivity index (χ4v) is 2.63. The number of carboxylic acid groups (broad SMARTS) is 1. The van der Waals surface area contributed by atoms with Crippen LogP contribution in [0.4, 0.5) is 5.13 Å². The molecule has 0 aliphatic rings. The molecular formula is C12H20N2O2S. The van der Waals surface area contributed by atoms with Gasteiger partial charge in [-0.05, 0) is 26.7 Å². The molecular weight excluding hydrogens is 236 g/mol. The van der Waals surface area contributed by atoms with Crippen LogP contribution in [0.3, 0.4) is 0 Å². The summed E-state index contributed by atoms with van der Waals surface area (Å²) in [5, 5.41) is 11.7. The number of aryl methyl sites for hydroxylation is 1. The van der Waals surface area contributed by atoms with Gasteiger partial charge in [-0.3, -0.25) is 4.79 Å². The molecule has 0 aliphatic heterocycles. The Bertz CT molecular complexity index is 363. The quantitative estimate of drug-likeness (QED) is 0.815. The van der Waals surface area contributed by atoms with Crippen LogP contribution < -0.4 is 4.90 Å². The van der Waals surface area contributed by atoms with Crippen LogP contribution in [0, 0.1) is 0 Å². The van der Waals surface area contributed by atoms with Gasteiger partial charge in [-0.25, -0.2) is 4.98 Å². The number of nitrogens with zero attached hydrogens (tertiary/aromatic N) is 2. The highest BCUT2D eigenvalue weighted by atomic mass is 32.1. The van der Waals surface area contributed by atoms with E-state index in [-0.39, 0.29) is 6.42 Å². The van der Waals surface area contributed by atoms with E-state index in [1.807, 2.05) is 0 Å². The van der Waals surface area contributed by atoms with E-state index in [2.05, 4.69) is 36.0 Å². The summed E-state index contributed by atoms with van der Waals surface area (Å²) in [6, 6.07) is 0.347. The Labute approximate surface area is 106 Å². The number of anilines is 1. The monoisotopic (exact) mass is 256 g/mol. The van der Waals surface area contributed by atoms with E-state index in [1.165, 1.54) is 0 Å². The number of aromatic nitrogens is 1. The summed E-state index contributed by atoms with van der Waals surface area (Å²) < 4.78 is 0. The average Bonchev–Trinajstić information content (AvgIpc) is 2.71.